The predicted molar refractivity (Wildman–Crippen MR) is 81.8 cm³/mol. The van der Waals surface area contributed by atoms with Crippen LogP contribution in [0.25, 0.3) is 0 Å². The molecule has 1 N–H and O–H groups in total. The van der Waals surface area contributed by atoms with Crippen LogP contribution in [0.1, 0.15) is 38.2 Å². The summed E-state index contributed by atoms with van der Waals surface area (Å²) in [4.78, 5) is 11.7. The third-order valence-electron chi connectivity index (χ3n) is 4.41. The Balaban J connectivity index is 1.48. The number of hydrogen-bond acceptors (Lipinski definition) is 5. The molecule has 1 fully saturated rings. The molecule has 5 heteroatoms. The van der Waals surface area contributed by atoms with Crippen molar-refractivity contribution < 1.29 is 19.0 Å². The molecule has 0 aromatic heterocycles. The zero-order valence-corrected chi connectivity index (χ0v) is 13.0. The first-order valence-corrected chi connectivity index (χ1v) is 8.05. The molecule has 1 aromatic carbocycles. The Hall–Kier alpha value is -1.75. The summed E-state index contributed by atoms with van der Waals surface area (Å²) in [5.41, 5.74) is 1.13. The average molecular weight is 305 g/mol. The van der Waals surface area contributed by atoms with Gasteiger partial charge in [0.1, 0.15) is 0 Å². The van der Waals surface area contributed by atoms with E-state index in [9.17, 15) is 4.79 Å². The Morgan fingerprint density at radius 2 is 2.09 bits per heavy atom. The van der Waals surface area contributed by atoms with Gasteiger partial charge >= 0.3 is 5.97 Å². The van der Waals surface area contributed by atoms with Crippen LogP contribution in [0.15, 0.2) is 18.2 Å². The molecule has 0 unspecified atom stereocenters. The van der Waals surface area contributed by atoms with E-state index in [2.05, 4.69) is 11.4 Å². The maximum atomic E-state index is 11.7. The number of rotatable bonds is 5. The number of nitrogens with one attached hydrogen (secondary N) is 1. The molecule has 5 nitrogen and oxygen atoms in total. The van der Waals surface area contributed by atoms with Gasteiger partial charge in [-0.1, -0.05) is 12.1 Å². The normalized spacial score (nSPS) is 23.3. The van der Waals surface area contributed by atoms with E-state index in [0.29, 0.717) is 19.4 Å². The van der Waals surface area contributed by atoms with Crippen molar-refractivity contribution in [1.82, 2.24) is 5.32 Å². The lowest BCUT2D eigenvalue weighted by Crippen LogP contribution is -2.35. The van der Waals surface area contributed by atoms with Gasteiger partial charge in [-0.3, -0.25) is 4.79 Å². The highest BCUT2D eigenvalue weighted by Crippen LogP contribution is 2.35. The van der Waals surface area contributed by atoms with E-state index >= 15 is 0 Å². The Labute approximate surface area is 130 Å². The summed E-state index contributed by atoms with van der Waals surface area (Å²) in [7, 11) is 0. The zero-order valence-electron chi connectivity index (χ0n) is 13.0. The fourth-order valence-corrected chi connectivity index (χ4v) is 3.18. The lowest BCUT2D eigenvalue weighted by atomic mass is 9.86. The second-order valence-electron chi connectivity index (χ2n) is 5.83. The Morgan fingerprint density at radius 1 is 1.27 bits per heavy atom. The molecule has 1 aromatic rings. The third-order valence-corrected chi connectivity index (χ3v) is 4.41. The van der Waals surface area contributed by atoms with Crippen LogP contribution in [0.2, 0.25) is 0 Å². The number of carbonyl (C=O) groups excluding carboxylic acids is 1. The molecule has 0 bridgehead atoms. The predicted octanol–water partition coefficient (Wildman–Crippen LogP) is 2.63. The van der Waals surface area contributed by atoms with E-state index in [4.69, 9.17) is 14.2 Å². The van der Waals surface area contributed by atoms with E-state index in [1.165, 1.54) is 0 Å². The van der Waals surface area contributed by atoms with E-state index in [-0.39, 0.29) is 11.9 Å². The molecule has 1 saturated carbocycles. The molecule has 0 saturated heterocycles. The molecule has 3 rings (SSSR count). The van der Waals surface area contributed by atoms with Crippen LogP contribution in [0.3, 0.4) is 0 Å². The van der Waals surface area contributed by atoms with Gasteiger partial charge < -0.3 is 19.5 Å². The second-order valence-corrected chi connectivity index (χ2v) is 5.83. The van der Waals surface area contributed by atoms with E-state index in [1.54, 1.807) is 0 Å². The number of benzene rings is 1. The quantitative estimate of drug-likeness (QED) is 0.848. The summed E-state index contributed by atoms with van der Waals surface area (Å²) < 4.78 is 16.0. The first kappa shape index (κ1) is 15.2. The zero-order chi connectivity index (χ0) is 15.4. The standard InChI is InChI=1S/C17H23NO4/c1-2-20-17(19)12-6-8-14(9-7-12)18-10-13-4-3-5-15-16(13)22-11-21-15/h3-5,12,14,18H,2,6-11H2,1H3. The van der Waals surface area contributed by atoms with Gasteiger partial charge in [-0.2, -0.15) is 0 Å². The van der Waals surface area contributed by atoms with Gasteiger partial charge in [-0.25, -0.2) is 0 Å². The number of ether oxygens (including phenoxy) is 3. The highest BCUT2D eigenvalue weighted by Gasteiger charge is 2.27. The van der Waals surface area contributed by atoms with Crippen LogP contribution in [0.4, 0.5) is 0 Å². The smallest absolute Gasteiger partial charge is 0.308 e. The fourth-order valence-electron chi connectivity index (χ4n) is 3.18. The molecule has 0 amide bonds. The third kappa shape index (κ3) is 3.35. The van der Waals surface area contributed by atoms with Gasteiger partial charge in [0.05, 0.1) is 12.5 Å². The molecular formula is C17H23NO4. The number of fused-ring (bicyclic) bond motifs is 1. The largest absolute Gasteiger partial charge is 0.466 e. The molecule has 1 aliphatic heterocycles. The van der Waals surface area contributed by atoms with E-state index < -0.39 is 0 Å². The highest BCUT2D eigenvalue weighted by molar-refractivity contribution is 5.72. The Morgan fingerprint density at radius 3 is 2.86 bits per heavy atom. The average Bonchev–Trinajstić information content (AvgIpc) is 3.03. The van der Waals surface area contributed by atoms with Crippen molar-refractivity contribution in [3.63, 3.8) is 0 Å². The Kier molecular flexibility index (Phi) is 4.83. The van der Waals surface area contributed by atoms with Crippen molar-refractivity contribution in [1.29, 1.82) is 0 Å². The van der Waals surface area contributed by atoms with Gasteiger partial charge in [-0.15, -0.1) is 0 Å². The van der Waals surface area contributed by atoms with Crippen molar-refractivity contribution in [2.75, 3.05) is 13.4 Å². The number of hydrogen-bond donors (Lipinski definition) is 1. The van der Waals surface area contributed by atoms with Crippen LogP contribution >= 0.6 is 0 Å². The van der Waals surface area contributed by atoms with Crippen LogP contribution in [0.5, 0.6) is 11.5 Å². The van der Waals surface area contributed by atoms with Crippen LogP contribution in [0, 0.1) is 5.92 Å². The molecule has 22 heavy (non-hydrogen) atoms. The lowest BCUT2D eigenvalue weighted by molar-refractivity contribution is -0.149. The van der Waals surface area contributed by atoms with Gasteiger partial charge in [0.2, 0.25) is 6.79 Å². The molecule has 2 aliphatic rings. The monoisotopic (exact) mass is 305 g/mol. The molecule has 1 heterocycles. The minimum absolute atomic E-state index is 0.0348. The molecule has 0 spiro atoms. The first-order chi connectivity index (χ1) is 10.8. The van der Waals surface area contributed by atoms with Crippen molar-refractivity contribution in [3.8, 4) is 11.5 Å². The van der Waals surface area contributed by atoms with Gasteiger partial charge in [-0.05, 0) is 38.7 Å². The maximum Gasteiger partial charge on any atom is 0.308 e. The maximum absolute atomic E-state index is 11.7. The number of carbonyl (C=O) groups is 1. The van der Waals surface area contributed by atoms with Gasteiger partial charge in [0.25, 0.3) is 0 Å². The molecule has 120 valence electrons. The summed E-state index contributed by atoms with van der Waals surface area (Å²) in [6, 6.07) is 6.42. The summed E-state index contributed by atoms with van der Waals surface area (Å²) in [6.07, 6.45) is 3.83. The summed E-state index contributed by atoms with van der Waals surface area (Å²) in [5, 5.41) is 3.57. The number of esters is 1. The lowest BCUT2D eigenvalue weighted by Gasteiger charge is -2.28. The topological polar surface area (TPSA) is 56.8 Å². The van der Waals surface area contributed by atoms with Crippen molar-refractivity contribution >= 4 is 5.97 Å². The Bertz CT molecular complexity index is 523. The van der Waals surface area contributed by atoms with E-state index in [1.807, 2.05) is 19.1 Å². The fraction of sp³-hybridized carbons (Fsp3) is 0.588. The minimum Gasteiger partial charge on any atom is -0.466 e. The summed E-state index contributed by atoms with van der Waals surface area (Å²) >= 11 is 0. The number of para-hydroxylation sites is 1. The van der Waals surface area contributed by atoms with E-state index in [0.717, 1.165) is 49.3 Å². The molecule has 1 aliphatic carbocycles. The minimum atomic E-state index is -0.0348. The summed E-state index contributed by atoms with van der Waals surface area (Å²) in [5.74, 6) is 1.73. The van der Waals surface area contributed by atoms with Crippen LogP contribution < -0.4 is 14.8 Å². The molecule has 0 radical (unpaired) electrons. The van der Waals surface area contributed by atoms with Crippen LogP contribution in [-0.4, -0.2) is 25.4 Å². The van der Waals surface area contributed by atoms with Crippen molar-refractivity contribution in [3.05, 3.63) is 23.8 Å². The SMILES string of the molecule is CCOC(=O)C1CCC(NCc2cccc3c2OCO3)CC1. The summed E-state index contributed by atoms with van der Waals surface area (Å²) in [6.45, 7) is 3.39. The highest BCUT2D eigenvalue weighted by atomic mass is 16.7. The molecular weight excluding hydrogens is 282 g/mol. The van der Waals surface area contributed by atoms with Crippen molar-refractivity contribution in [2.45, 2.75) is 45.2 Å². The van der Waals surface area contributed by atoms with Gasteiger partial charge in [0.15, 0.2) is 11.5 Å². The van der Waals surface area contributed by atoms with Gasteiger partial charge in [0, 0.05) is 18.2 Å². The second kappa shape index (κ2) is 7.01. The first-order valence-electron chi connectivity index (χ1n) is 8.05. The molecule has 0 atom stereocenters. The van der Waals surface area contributed by atoms with Crippen molar-refractivity contribution in [2.24, 2.45) is 5.92 Å². The van der Waals surface area contributed by atoms with Crippen LogP contribution in [-0.2, 0) is 16.1 Å².